The van der Waals surface area contributed by atoms with Crippen LogP contribution in [0.15, 0.2) is 42.6 Å². The third kappa shape index (κ3) is 3.07. The molecule has 0 spiro atoms. The smallest absolute Gasteiger partial charge is 0.263 e. The molecule has 5 heteroatoms. The first-order chi connectivity index (χ1) is 8.25. The number of amides is 1. The van der Waals surface area contributed by atoms with Crippen molar-refractivity contribution in [1.82, 2.24) is 9.78 Å². The number of aromatic nitrogens is 2. The number of benzene rings is 1. The molecule has 0 saturated heterocycles. The van der Waals surface area contributed by atoms with Gasteiger partial charge in [-0.15, -0.1) is 0 Å². The minimum atomic E-state index is -0.211. The van der Waals surface area contributed by atoms with Gasteiger partial charge in [0.2, 0.25) is 0 Å². The molecule has 0 aliphatic carbocycles. The molecule has 1 heterocycles. The van der Waals surface area contributed by atoms with Crippen LogP contribution in [0.25, 0.3) is 0 Å². The summed E-state index contributed by atoms with van der Waals surface area (Å²) in [5.41, 5.74) is 0. The molecule has 0 radical (unpaired) electrons. The lowest BCUT2D eigenvalue weighted by atomic mass is 10.3. The summed E-state index contributed by atoms with van der Waals surface area (Å²) in [6.07, 6.45) is 1.62. The van der Waals surface area contributed by atoms with E-state index in [9.17, 15) is 4.79 Å². The number of aryl methyl sites for hydroxylation is 1. The van der Waals surface area contributed by atoms with Gasteiger partial charge in [0.15, 0.2) is 6.61 Å². The van der Waals surface area contributed by atoms with Crippen molar-refractivity contribution in [1.29, 1.82) is 0 Å². The number of nitrogens with one attached hydrogen (secondary N) is 1. The topological polar surface area (TPSA) is 56.2 Å². The minimum Gasteiger partial charge on any atom is -0.484 e. The largest absolute Gasteiger partial charge is 0.484 e. The molecule has 0 unspecified atom stereocenters. The van der Waals surface area contributed by atoms with Gasteiger partial charge in [-0.25, -0.2) is 0 Å². The SMILES string of the molecule is Cn1nccc1NC(=O)COc1ccccc1. The molecule has 0 atom stereocenters. The van der Waals surface area contributed by atoms with E-state index in [0.717, 1.165) is 0 Å². The second-order valence-electron chi connectivity index (χ2n) is 3.49. The van der Waals surface area contributed by atoms with Gasteiger partial charge in [-0.3, -0.25) is 9.48 Å². The van der Waals surface area contributed by atoms with Crippen LogP contribution in [0.2, 0.25) is 0 Å². The van der Waals surface area contributed by atoms with Gasteiger partial charge in [-0.1, -0.05) is 18.2 Å². The fraction of sp³-hybridized carbons (Fsp3) is 0.167. The predicted molar refractivity (Wildman–Crippen MR) is 63.8 cm³/mol. The van der Waals surface area contributed by atoms with Crippen molar-refractivity contribution in [2.24, 2.45) is 7.05 Å². The van der Waals surface area contributed by atoms with Gasteiger partial charge >= 0.3 is 0 Å². The normalized spacial score (nSPS) is 9.94. The Labute approximate surface area is 99.0 Å². The number of carbonyl (C=O) groups is 1. The Morgan fingerprint density at radius 1 is 1.35 bits per heavy atom. The zero-order valence-electron chi connectivity index (χ0n) is 9.46. The van der Waals surface area contributed by atoms with Crippen LogP contribution in [-0.2, 0) is 11.8 Å². The van der Waals surface area contributed by atoms with E-state index in [2.05, 4.69) is 10.4 Å². The highest BCUT2D eigenvalue weighted by molar-refractivity contribution is 5.90. The molecule has 88 valence electrons. The van der Waals surface area contributed by atoms with Crippen LogP contribution in [0.5, 0.6) is 5.75 Å². The Balaban J connectivity index is 1.85. The van der Waals surface area contributed by atoms with E-state index in [1.165, 1.54) is 0 Å². The van der Waals surface area contributed by atoms with Crippen LogP contribution < -0.4 is 10.1 Å². The molecule has 0 aliphatic heterocycles. The quantitative estimate of drug-likeness (QED) is 0.866. The fourth-order valence-electron chi connectivity index (χ4n) is 1.34. The van der Waals surface area contributed by atoms with E-state index in [-0.39, 0.29) is 12.5 Å². The van der Waals surface area contributed by atoms with E-state index >= 15 is 0 Å². The van der Waals surface area contributed by atoms with E-state index in [4.69, 9.17) is 4.74 Å². The highest BCUT2D eigenvalue weighted by Gasteiger charge is 2.05. The molecule has 2 aromatic rings. The van der Waals surface area contributed by atoms with Crippen molar-refractivity contribution in [3.05, 3.63) is 42.6 Å². The van der Waals surface area contributed by atoms with Gasteiger partial charge in [0.05, 0.1) is 6.20 Å². The third-order valence-electron chi connectivity index (χ3n) is 2.20. The molecule has 0 bridgehead atoms. The first-order valence-electron chi connectivity index (χ1n) is 5.21. The van der Waals surface area contributed by atoms with Gasteiger partial charge in [-0.05, 0) is 12.1 Å². The number of hydrogen-bond donors (Lipinski definition) is 1. The Morgan fingerprint density at radius 3 is 2.76 bits per heavy atom. The highest BCUT2D eigenvalue weighted by atomic mass is 16.5. The summed E-state index contributed by atoms with van der Waals surface area (Å²) >= 11 is 0. The van der Waals surface area contributed by atoms with Crippen molar-refractivity contribution in [3.8, 4) is 5.75 Å². The van der Waals surface area contributed by atoms with Gasteiger partial charge in [0, 0.05) is 13.1 Å². The number of nitrogens with zero attached hydrogens (tertiary/aromatic N) is 2. The Kier molecular flexibility index (Phi) is 3.40. The third-order valence-corrected chi connectivity index (χ3v) is 2.20. The zero-order valence-corrected chi connectivity index (χ0v) is 9.46. The lowest BCUT2D eigenvalue weighted by Crippen LogP contribution is -2.21. The van der Waals surface area contributed by atoms with Crippen molar-refractivity contribution in [2.45, 2.75) is 0 Å². The van der Waals surface area contributed by atoms with Crippen LogP contribution >= 0.6 is 0 Å². The van der Waals surface area contributed by atoms with Crippen LogP contribution in [0.1, 0.15) is 0 Å². The molecular formula is C12H13N3O2. The predicted octanol–water partition coefficient (Wildman–Crippen LogP) is 1.44. The van der Waals surface area contributed by atoms with Crippen LogP contribution in [0.3, 0.4) is 0 Å². The Morgan fingerprint density at radius 2 is 2.12 bits per heavy atom. The van der Waals surface area contributed by atoms with E-state index in [0.29, 0.717) is 11.6 Å². The van der Waals surface area contributed by atoms with Gasteiger partial charge in [0.1, 0.15) is 11.6 Å². The number of carbonyl (C=O) groups excluding carboxylic acids is 1. The average molecular weight is 231 g/mol. The molecule has 0 saturated carbocycles. The van der Waals surface area contributed by atoms with Crippen molar-refractivity contribution in [3.63, 3.8) is 0 Å². The molecule has 1 aromatic heterocycles. The maximum atomic E-state index is 11.6. The van der Waals surface area contributed by atoms with E-state index in [1.807, 2.05) is 18.2 Å². The molecule has 2 rings (SSSR count). The first kappa shape index (κ1) is 11.2. The number of anilines is 1. The molecule has 5 nitrogen and oxygen atoms in total. The molecular weight excluding hydrogens is 218 g/mol. The lowest BCUT2D eigenvalue weighted by Gasteiger charge is -2.07. The van der Waals surface area contributed by atoms with Crippen LogP contribution in [0.4, 0.5) is 5.82 Å². The molecule has 0 fully saturated rings. The minimum absolute atomic E-state index is 0.0187. The van der Waals surface area contributed by atoms with Crippen molar-refractivity contribution < 1.29 is 9.53 Å². The number of ether oxygens (including phenoxy) is 1. The summed E-state index contributed by atoms with van der Waals surface area (Å²) in [4.78, 5) is 11.6. The molecule has 0 aliphatic rings. The number of rotatable bonds is 4. The maximum Gasteiger partial charge on any atom is 0.263 e. The van der Waals surface area contributed by atoms with Crippen LogP contribution in [-0.4, -0.2) is 22.3 Å². The first-order valence-corrected chi connectivity index (χ1v) is 5.21. The van der Waals surface area contributed by atoms with Gasteiger partial charge < -0.3 is 10.1 Å². The van der Waals surface area contributed by atoms with Crippen molar-refractivity contribution >= 4 is 11.7 Å². The van der Waals surface area contributed by atoms with Crippen LogP contribution in [0, 0.1) is 0 Å². The summed E-state index contributed by atoms with van der Waals surface area (Å²) < 4.78 is 6.90. The molecule has 17 heavy (non-hydrogen) atoms. The Hall–Kier alpha value is -2.30. The monoisotopic (exact) mass is 231 g/mol. The highest BCUT2D eigenvalue weighted by Crippen LogP contribution is 2.08. The number of para-hydroxylation sites is 1. The second kappa shape index (κ2) is 5.16. The molecule has 1 aromatic carbocycles. The number of hydrogen-bond acceptors (Lipinski definition) is 3. The van der Waals surface area contributed by atoms with Gasteiger partial charge in [0.25, 0.3) is 5.91 Å². The lowest BCUT2D eigenvalue weighted by molar-refractivity contribution is -0.118. The summed E-state index contributed by atoms with van der Waals surface area (Å²) in [7, 11) is 1.76. The van der Waals surface area contributed by atoms with Crippen molar-refractivity contribution in [2.75, 3.05) is 11.9 Å². The summed E-state index contributed by atoms with van der Waals surface area (Å²) in [6, 6.07) is 10.9. The summed E-state index contributed by atoms with van der Waals surface area (Å²) in [5.74, 6) is 1.11. The molecule has 1 N–H and O–H groups in total. The summed E-state index contributed by atoms with van der Waals surface area (Å²) in [5, 5.41) is 6.65. The van der Waals surface area contributed by atoms with E-state index < -0.39 is 0 Å². The fourth-order valence-corrected chi connectivity index (χ4v) is 1.34. The molecule has 1 amide bonds. The zero-order chi connectivity index (χ0) is 12.1. The summed E-state index contributed by atoms with van der Waals surface area (Å²) in [6.45, 7) is -0.0187. The van der Waals surface area contributed by atoms with Gasteiger partial charge in [-0.2, -0.15) is 5.10 Å². The Bertz CT molecular complexity index is 493. The second-order valence-corrected chi connectivity index (χ2v) is 3.49. The maximum absolute atomic E-state index is 11.6. The average Bonchev–Trinajstić information content (AvgIpc) is 2.74. The standard InChI is InChI=1S/C12H13N3O2/c1-15-11(7-8-13-15)14-12(16)9-17-10-5-3-2-4-6-10/h2-8H,9H2,1H3,(H,14,16). The van der Waals surface area contributed by atoms with E-state index in [1.54, 1.807) is 36.1 Å².